The number of fused-ring (bicyclic) bond motifs is 3. The van der Waals surface area contributed by atoms with Crippen molar-refractivity contribution in [2.24, 2.45) is 0 Å². The van der Waals surface area contributed by atoms with Gasteiger partial charge in [-0.05, 0) is 75.6 Å². The number of hydrogen-bond donors (Lipinski definition) is 1. The number of aromatic nitrogens is 3. The number of rotatable bonds is 9. The third-order valence-corrected chi connectivity index (χ3v) is 9.52. The highest BCUT2D eigenvalue weighted by Crippen LogP contribution is 2.55. The summed E-state index contributed by atoms with van der Waals surface area (Å²) in [6.07, 6.45) is 1.75. The average molecular weight is 610 g/mol. The predicted octanol–water partition coefficient (Wildman–Crippen LogP) is 7.56. The normalized spacial score (nSPS) is 23.2. The molecule has 0 amide bonds. The number of hydrogen-bond acceptors (Lipinski definition) is 8. The lowest BCUT2D eigenvalue weighted by Gasteiger charge is -2.51. The summed E-state index contributed by atoms with van der Waals surface area (Å²) in [5, 5.41) is 17.8. The minimum Gasteiger partial charge on any atom is -0.496 e. The molecule has 0 unspecified atom stereocenters. The number of carbonyl (C=O) groups is 1. The van der Waals surface area contributed by atoms with Gasteiger partial charge in [0.25, 0.3) is 0 Å². The van der Waals surface area contributed by atoms with Crippen LogP contribution in [0.1, 0.15) is 90.4 Å². The smallest absolute Gasteiger partial charge is 0.417 e. The van der Waals surface area contributed by atoms with Gasteiger partial charge in [0, 0.05) is 22.6 Å². The second-order valence-electron chi connectivity index (χ2n) is 12.1. The number of aromatic carboxylic acids is 1. The van der Waals surface area contributed by atoms with Crippen molar-refractivity contribution in [2.75, 3.05) is 7.11 Å². The summed E-state index contributed by atoms with van der Waals surface area (Å²) in [7, 11) is 1.41. The third kappa shape index (κ3) is 4.94. The van der Waals surface area contributed by atoms with Crippen molar-refractivity contribution >= 4 is 5.97 Å². The van der Waals surface area contributed by atoms with Crippen molar-refractivity contribution in [1.29, 1.82) is 0 Å². The Morgan fingerprint density at radius 3 is 2.41 bits per heavy atom. The zero-order valence-electron chi connectivity index (χ0n) is 23.9. The molecule has 0 saturated heterocycles. The van der Waals surface area contributed by atoms with E-state index in [4.69, 9.17) is 18.5 Å². The highest BCUT2D eigenvalue weighted by molar-refractivity contribution is 5.92. The molecule has 1 N–H and O–H groups in total. The first kappa shape index (κ1) is 28.6. The van der Waals surface area contributed by atoms with Crippen LogP contribution in [-0.2, 0) is 22.9 Å². The van der Waals surface area contributed by atoms with Crippen molar-refractivity contribution in [3.05, 3.63) is 70.8 Å². The molecule has 4 aliphatic carbocycles. The molecule has 4 aromatic rings. The van der Waals surface area contributed by atoms with E-state index in [0.29, 0.717) is 28.6 Å². The Kier molecular flexibility index (Phi) is 6.80. The monoisotopic (exact) mass is 609 g/mol. The quantitative estimate of drug-likeness (QED) is 0.205. The van der Waals surface area contributed by atoms with Gasteiger partial charge in [-0.15, -0.1) is 0 Å². The highest BCUT2D eigenvalue weighted by Gasteiger charge is 2.53. The lowest BCUT2D eigenvalue weighted by Crippen LogP contribution is -2.49. The first-order valence-electron chi connectivity index (χ1n) is 14.7. The summed E-state index contributed by atoms with van der Waals surface area (Å²) in [4.78, 5) is 16.4. The first-order chi connectivity index (χ1) is 21.1. The molecule has 2 aromatic carbocycles. The SMILES string of the molecule is COc1ccc(-c2noc(C34CCC(OCc5c(-c6ccccc6C(F)(F)F)noc5C5CC5)(CC3)CC4)n2)cc1C(=O)O. The molecule has 12 heteroatoms. The maximum absolute atomic E-state index is 13.9. The second kappa shape index (κ2) is 10.5. The van der Waals surface area contributed by atoms with Crippen LogP contribution < -0.4 is 4.74 Å². The summed E-state index contributed by atoms with van der Waals surface area (Å²) < 4.78 is 64.7. The molecule has 2 heterocycles. The predicted molar refractivity (Wildman–Crippen MR) is 149 cm³/mol. The molecule has 4 fully saturated rings. The first-order valence-corrected chi connectivity index (χ1v) is 14.7. The fourth-order valence-corrected chi connectivity index (χ4v) is 6.76. The molecule has 0 radical (unpaired) electrons. The molecular formula is C32H30F3N3O6. The number of ether oxygens (including phenoxy) is 2. The van der Waals surface area contributed by atoms with Gasteiger partial charge < -0.3 is 23.6 Å². The Morgan fingerprint density at radius 1 is 1.02 bits per heavy atom. The van der Waals surface area contributed by atoms with Gasteiger partial charge >= 0.3 is 12.1 Å². The minimum atomic E-state index is -4.53. The van der Waals surface area contributed by atoms with E-state index in [0.717, 1.165) is 57.4 Å². The second-order valence-corrected chi connectivity index (χ2v) is 12.1. The van der Waals surface area contributed by atoms with Gasteiger partial charge in [0.05, 0.1) is 30.3 Å². The Morgan fingerprint density at radius 2 is 1.75 bits per heavy atom. The number of alkyl halides is 3. The van der Waals surface area contributed by atoms with Crippen molar-refractivity contribution in [1.82, 2.24) is 15.3 Å². The van der Waals surface area contributed by atoms with Crippen molar-refractivity contribution < 1.29 is 41.6 Å². The molecule has 44 heavy (non-hydrogen) atoms. The van der Waals surface area contributed by atoms with E-state index in [1.807, 2.05) is 0 Å². The van der Waals surface area contributed by atoms with Gasteiger partial charge in [-0.1, -0.05) is 28.5 Å². The zero-order valence-corrected chi connectivity index (χ0v) is 23.9. The Balaban J connectivity index is 1.09. The van der Waals surface area contributed by atoms with Gasteiger partial charge in [0.1, 0.15) is 22.8 Å². The van der Waals surface area contributed by atoms with Crippen LogP contribution in [0, 0.1) is 0 Å². The van der Waals surface area contributed by atoms with Gasteiger partial charge in [-0.25, -0.2) is 4.79 Å². The molecular weight excluding hydrogens is 579 g/mol. The number of methoxy groups -OCH3 is 1. The van der Waals surface area contributed by atoms with Crippen molar-refractivity contribution in [2.45, 2.75) is 81.1 Å². The molecule has 2 bridgehead atoms. The van der Waals surface area contributed by atoms with E-state index >= 15 is 0 Å². The van der Waals surface area contributed by atoms with Crippen LogP contribution in [0.4, 0.5) is 13.2 Å². The van der Waals surface area contributed by atoms with Crippen LogP contribution in [0.2, 0.25) is 0 Å². The van der Waals surface area contributed by atoms with Crippen LogP contribution in [-0.4, -0.2) is 39.1 Å². The van der Waals surface area contributed by atoms with E-state index in [1.54, 1.807) is 18.2 Å². The molecule has 4 saturated carbocycles. The van der Waals surface area contributed by atoms with Gasteiger partial charge in [-0.3, -0.25) is 0 Å². The summed E-state index contributed by atoms with van der Waals surface area (Å²) in [6, 6.07) is 10.2. The molecule has 4 aliphatic rings. The van der Waals surface area contributed by atoms with Crippen LogP contribution in [0.3, 0.4) is 0 Å². The topological polar surface area (TPSA) is 121 Å². The highest BCUT2D eigenvalue weighted by atomic mass is 19.4. The van der Waals surface area contributed by atoms with Crippen LogP contribution in [0.15, 0.2) is 51.5 Å². The number of halogens is 3. The summed E-state index contributed by atoms with van der Waals surface area (Å²) in [5.74, 6) is 0.734. The van der Waals surface area contributed by atoms with Crippen LogP contribution in [0.5, 0.6) is 5.75 Å². The maximum atomic E-state index is 13.9. The zero-order chi connectivity index (χ0) is 30.7. The standard InChI is InChI=1S/C32H30F3N3O6/c1-41-24-9-8-19(16-21(24)28(39)40)27-36-29(44-38-27)30-10-13-31(14-11-30,15-12-30)42-17-22-25(37-43-26(22)18-6-7-18)20-4-2-3-5-23(20)32(33,34)35/h2-5,8-9,16,18H,6-7,10-15,17H2,1H3,(H,39,40). The molecule has 0 atom stereocenters. The Labute approximate surface area is 250 Å². The fraction of sp³-hybridized carbons (Fsp3) is 0.438. The average Bonchev–Trinajstić information content (AvgIpc) is 3.58. The maximum Gasteiger partial charge on any atom is 0.417 e. The molecule has 2 aromatic heterocycles. The molecule has 0 spiro atoms. The number of benzene rings is 2. The van der Waals surface area contributed by atoms with E-state index in [1.165, 1.54) is 25.3 Å². The summed E-state index contributed by atoms with van der Waals surface area (Å²) >= 11 is 0. The van der Waals surface area contributed by atoms with E-state index < -0.39 is 23.3 Å². The largest absolute Gasteiger partial charge is 0.496 e. The molecule has 0 aliphatic heterocycles. The van der Waals surface area contributed by atoms with Gasteiger partial charge in [-0.2, -0.15) is 18.2 Å². The van der Waals surface area contributed by atoms with E-state index in [2.05, 4.69) is 15.3 Å². The molecule has 230 valence electrons. The lowest BCUT2D eigenvalue weighted by atomic mass is 9.58. The molecule has 9 nitrogen and oxygen atoms in total. The summed E-state index contributed by atoms with van der Waals surface area (Å²) in [6.45, 7) is 0.123. The number of carboxylic acids is 1. The third-order valence-electron chi connectivity index (χ3n) is 9.52. The van der Waals surface area contributed by atoms with Gasteiger partial charge in [0.15, 0.2) is 0 Å². The van der Waals surface area contributed by atoms with E-state index in [9.17, 15) is 23.1 Å². The minimum absolute atomic E-state index is 0.00223. The number of carboxylic acid groups (broad SMARTS) is 1. The van der Waals surface area contributed by atoms with Crippen LogP contribution in [0.25, 0.3) is 22.6 Å². The Hall–Kier alpha value is -4.19. The lowest BCUT2D eigenvalue weighted by molar-refractivity contribution is -0.137. The number of nitrogens with zero attached hydrogens (tertiary/aromatic N) is 3. The van der Waals surface area contributed by atoms with Crippen molar-refractivity contribution in [3.8, 4) is 28.4 Å². The Bertz CT molecular complexity index is 1700. The van der Waals surface area contributed by atoms with E-state index in [-0.39, 0.29) is 40.5 Å². The van der Waals surface area contributed by atoms with Gasteiger partial charge in [0.2, 0.25) is 11.7 Å². The fourth-order valence-electron chi connectivity index (χ4n) is 6.76. The molecule has 8 rings (SSSR count). The van der Waals surface area contributed by atoms with Crippen molar-refractivity contribution in [3.63, 3.8) is 0 Å². The summed E-state index contributed by atoms with van der Waals surface area (Å²) in [5.41, 5.74) is -0.165. The van der Waals surface area contributed by atoms with Crippen LogP contribution >= 0.6 is 0 Å².